The van der Waals surface area contributed by atoms with Crippen molar-refractivity contribution in [2.24, 2.45) is 7.05 Å². The number of benzene rings is 3. The molecule has 2 heteroatoms. The summed E-state index contributed by atoms with van der Waals surface area (Å²) in [6, 6.07) is 17.6. The van der Waals surface area contributed by atoms with Gasteiger partial charge < -0.3 is 4.40 Å². The average Bonchev–Trinajstić information content (AvgIpc) is 2.98. The van der Waals surface area contributed by atoms with Gasteiger partial charge in [0.1, 0.15) is 7.05 Å². The van der Waals surface area contributed by atoms with Crippen LogP contribution in [0.3, 0.4) is 0 Å². The van der Waals surface area contributed by atoms with Gasteiger partial charge >= 0.3 is 0 Å². The number of hydrogen-bond donors (Lipinski definition) is 0. The first-order valence-electron chi connectivity index (χ1n) is 9.53. The lowest BCUT2D eigenvalue weighted by Gasteiger charge is -2.13. The molecule has 0 saturated heterocycles. The molecule has 3 heterocycles. The van der Waals surface area contributed by atoms with E-state index in [9.17, 15) is 0 Å². The topological polar surface area (TPSA) is 8.29 Å². The van der Waals surface area contributed by atoms with Crippen LogP contribution in [0.5, 0.6) is 0 Å². The van der Waals surface area contributed by atoms with Crippen LogP contribution in [-0.4, -0.2) is 4.40 Å². The summed E-state index contributed by atoms with van der Waals surface area (Å²) in [6.45, 7) is 4.44. The van der Waals surface area contributed by atoms with Crippen molar-refractivity contribution in [3.8, 4) is 0 Å². The van der Waals surface area contributed by atoms with Crippen LogP contribution in [0.25, 0.3) is 49.0 Å². The summed E-state index contributed by atoms with van der Waals surface area (Å²) in [4.78, 5) is 0. The van der Waals surface area contributed by atoms with Gasteiger partial charge in [-0.1, -0.05) is 30.3 Å². The maximum Gasteiger partial charge on any atom is 0.224 e. The molecule has 0 spiro atoms. The van der Waals surface area contributed by atoms with Crippen LogP contribution >= 0.6 is 0 Å². The molecule has 124 valence electrons. The summed E-state index contributed by atoms with van der Waals surface area (Å²) >= 11 is 0. The van der Waals surface area contributed by atoms with Gasteiger partial charge in [0, 0.05) is 16.8 Å². The van der Waals surface area contributed by atoms with Crippen molar-refractivity contribution in [2.75, 3.05) is 0 Å². The standard InChI is InChI=1S/C24H19N2/c1-14-13-18-17-8-4-5-9-19(17)26-20-10-6-7-16-11-12-25(3)24(22(16)20)21(15(14)2)23(18)26/h4-13H,1-3H3/q+1/i6D. The fourth-order valence-electron chi connectivity index (χ4n) is 4.71. The highest BCUT2D eigenvalue weighted by Gasteiger charge is 2.23. The maximum atomic E-state index is 8.36. The van der Waals surface area contributed by atoms with Crippen LogP contribution in [0.4, 0.5) is 0 Å². The number of hydrogen-bond acceptors (Lipinski definition) is 0. The van der Waals surface area contributed by atoms with Crippen LogP contribution < -0.4 is 4.57 Å². The van der Waals surface area contributed by atoms with Crippen LogP contribution in [0.2, 0.25) is 0 Å². The number of rotatable bonds is 0. The Balaban J connectivity index is 2.17. The van der Waals surface area contributed by atoms with E-state index in [1.807, 2.05) is 12.1 Å². The highest BCUT2D eigenvalue weighted by Crippen LogP contribution is 2.41. The second kappa shape index (κ2) is 4.53. The smallest absolute Gasteiger partial charge is 0.224 e. The van der Waals surface area contributed by atoms with Crippen LogP contribution in [0.15, 0.2) is 60.8 Å². The zero-order valence-corrected chi connectivity index (χ0v) is 15.1. The van der Waals surface area contributed by atoms with Gasteiger partial charge in [0.15, 0.2) is 6.20 Å². The average molecular weight is 336 g/mol. The first-order chi connectivity index (χ1) is 13.1. The Morgan fingerprint density at radius 2 is 1.77 bits per heavy atom. The second-order valence-corrected chi connectivity index (χ2v) is 7.39. The minimum absolute atomic E-state index is 0.551. The Labute approximate surface area is 152 Å². The number of pyridine rings is 2. The maximum absolute atomic E-state index is 8.36. The highest BCUT2D eigenvalue weighted by atomic mass is 14.9. The van der Waals surface area contributed by atoms with Gasteiger partial charge in [-0.25, -0.2) is 4.57 Å². The molecular weight excluding hydrogens is 316 g/mol. The number of para-hydroxylation sites is 1. The molecule has 0 bridgehead atoms. The molecule has 2 nitrogen and oxygen atoms in total. The molecular formula is C24H19N2+. The third-order valence-electron chi connectivity index (χ3n) is 6.03. The van der Waals surface area contributed by atoms with Gasteiger partial charge in [0.2, 0.25) is 5.52 Å². The Bertz CT molecular complexity index is 1560. The molecule has 6 aromatic rings. The van der Waals surface area contributed by atoms with Crippen LogP contribution in [0.1, 0.15) is 12.5 Å². The summed E-state index contributed by atoms with van der Waals surface area (Å²) in [7, 11) is 2.12. The highest BCUT2D eigenvalue weighted by molar-refractivity contribution is 6.25. The predicted molar refractivity (Wildman–Crippen MR) is 109 cm³/mol. The van der Waals surface area contributed by atoms with E-state index in [0.717, 1.165) is 10.9 Å². The van der Waals surface area contributed by atoms with Crippen molar-refractivity contribution in [3.05, 3.63) is 71.9 Å². The quantitative estimate of drug-likeness (QED) is 0.199. The zero-order valence-electron chi connectivity index (χ0n) is 16.1. The van der Waals surface area contributed by atoms with Gasteiger partial charge in [0.05, 0.1) is 28.7 Å². The van der Waals surface area contributed by atoms with Crippen molar-refractivity contribution in [2.45, 2.75) is 13.8 Å². The Morgan fingerprint density at radius 1 is 0.923 bits per heavy atom. The van der Waals surface area contributed by atoms with Gasteiger partial charge in [-0.2, -0.15) is 0 Å². The van der Waals surface area contributed by atoms with Crippen LogP contribution in [-0.2, 0) is 7.05 Å². The number of aromatic nitrogens is 2. The van der Waals surface area contributed by atoms with E-state index in [1.54, 1.807) is 0 Å². The summed E-state index contributed by atoms with van der Waals surface area (Å²) in [5.74, 6) is 0. The third-order valence-corrected chi connectivity index (χ3v) is 6.03. The van der Waals surface area contributed by atoms with Gasteiger partial charge in [-0.05, 0) is 48.6 Å². The van der Waals surface area contributed by atoms with Crippen molar-refractivity contribution < 1.29 is 5.94 Å². The molecule has 0 aliphatic carbocycles. The normalized spacial score (nSPS) is 13.0. The SMILES string of the molecule is [2H]c1cc2cc[n+](C)c3c4c(C)c(C)cc5c6ccccc6n(c(c1)c23)c54. The van der Waals surface area contributed by atoms with Crippen molar-refractivity contribution >= 4 is 49.0 Å². The minimum Gasteiger partial charge on any atom is -0.307 e. The van der Waals surface area contributed by atoms with Crippen molar-refractivity contribution in [1.29, 1.82) is 0 Å². The Kier molecular flexibility index (Phi) is 2.29. The molecule has 6 rings (SSSR count). The first-order valence-corrected chi connectivity index (χ1v) is 9.03. The summed E-state index contributed by atoms with van der Waals surface area (Å²) in [5, 5.41) is 6.25. The lowest BCUT2D eigenvalue weighted by molar-refractivity contribution is -0.643. The van der Waals surface area contributed by atoms with Crippen LogP contribution in [0, 0.1) is 13.8 Å². The molecule has 26 heavy (non-hydrogen) atoms. The molecule has 3 aromatic carbocycles. The predicted octanol–water partition coefficient (Wildman–Crippen LogP) is 5.43. The Morgan fingerprint density at radius 3 is 2.65 bits per heavy atom. The summed E-state index contributed by atoms with van der Waals surface area (Å²) in [6.07, 6.45) is 2.12. The molecule has 0 saturated carbocycles. The molecule has 0 fully saturated rings. The van der Waals surface area contributed by atoms with Gasteiger partial charge in [-0.3, -0.25) is 0 Å². The minimum atomic E-state index is 0.551. The van der Waals surface area contributed by atoms with Crippen molar-refractivity contribution in [3.63, 3.8) is 0 Å². The third kappa shape index (κ3) is 1.47. The summed E-state index contributed by atoms with van der Waals surface area (Å²) < 4.78 is 13.0. The summed E-state index contributed by atoms with van der Waals surface area (Å²) in [5.41, 5.74) is 7.49. The fourth-order valence-corrected chi connectivity index (χ4v) is 4.71. The molecule has 0 N–H and O–H groups in total. The molecule has 0 unspecified atom stereocenters. The van der Waals surface area contributed by atoms with E-state index in [-0.39, 0.29) is 0 Å². The lowest BCUT2D eigenvalue weighted by atomic mass is 9.97. The molecule has 3 aromatic heterocycles. The van der Waals surface area contributed by atoms with Gasteiger partial charge in [-0.15, -0.1) is 0 Å². The monoisotopic (exact) mass is 336 g/mol. The molecule has 0 atom stereocenters. The second-order valence-electron chi connectivity index (χ2n) is 7.39. The lowest BCUT2D eigenvalue weighted by Crippen LogP contribution is -2.29. The van der Waals surface area contributed by atoms with E-state index < -0.39 is 0 Å². The molecule has 0 radical (unpaired) electrons. The molecule has 0 aliphatic rings. The fraction of sp³-hybridized carbons (Fsp3) is 0.125. The number of nitrogens with zero attached hydrogens (tertiary/aromatic N) is 2. The van der Waals surface area contributed by atoms with E-state index in [1.165, 1.54) is 49.2 Å². The van der Waals surface area contributed by atoms with Crippen molar-refractivity contribution in [1.82, 2.24) is 4.40 Å². The number of fused-ring (bicyclic) bond motifs is 5. The largest absolute Gasteiger partial charge is 0.307 e. The molecule has 0 amide bonds. The van der Waals surface area contributed by atoms with E-state index >= 15 is 0 Å². The number of aryl methyl sites for hydroxylation is 3. The van der Waals surface area contributed by atoms with E-state index in [0.29, 0.717) is 6.04 Å². The zero-order chi connectivity index (χ0) is 18.4. The Hall–Kier alpha value is -3.13. The molecule has 0 aliphatic heterocycles. The van der Waals surface area contributed by atoms with E-state index in [2.05, 4.69) is 72.5 Å². The van der Waals surface area contributed by atoms with Gasteiger partial charge in [0.25, 0.3) is 0 Å². The van der Waals surface area contributed by atoms with E-state index in [4.69, 9.17) is 1.37 Å². The first kappa shape index (κ1) is 13.1.